The van der Waals surface area contributed by atoms with E-state index in [0.29, 0.717) is 13.2 Å². The molecule has 1 atom stereocenters. The van der Waals surface area contributed by atoms with E-state index in [-0.39, 0.29) is 12.5 Å². The SMILES string of the molecule is CC(C)C(CNC(=O)NCCOc1ccccc1)C(=O)O. The summed E-state index contributed by atoms with van der Waals surface area (Å²) in [5.74, 6) is -0.788. The maximum absolute atomic E-state index is 11.5. The lowest BCUT2D eigenvalue weighted by molar-refractivity contribution is -0.142. The van der Waals surface area contributed by atoms with E-state index in [4.69, 9.17) is 9.84 Å². The molecule has 21 heavy (non-hydrogen) atoms. The number of nitrogens with one attached hydrogen (secondary N) is 2. The Bertz CT molecular complexity index is 448. The lowest BCUT2D eigenvalue weighted by Gasteiger charge is -2.17. The van der Waals surface area contributed by atoms with Crippen molar-refractivity contribution in [1.29, 1.82) is 0 Å². The van der Waals surface area contributed by atoms with E-state index in [1.165, 1.54) is 0 Å². The van der Waals surface area contributed by atoms with Crippen molar-refractivity contribution >= 4 is 12.0 Å². The third-order valence-electron chi connectivity index (χ3n) is 3.00. The van der Waals surface area contributed by atoms with Crippen LogP contribution in [0.1, 0.15) is 13.8 Å². The number of carboxylic acids is 1. The third kappa shape index (κ3) is 6.65. The van der Waals surface area contributed by atoms with Crippen molar-refractivity contribution < 1.29 is 19.4 Å². The number of ether oxygens (including phenoxy) is 1. The Hall–Kier alpha value is -2.24. The van der Waals surface area contributed by atoms with Crippen LogP contribution in [0.15, 0.2) is 30.3 Å². The van der Waals surface area contributed by atoms with E-state index in [1.807, 2.05) is 44.2 Å². The van der Waals surface area contributed by atoms with Crippen LogP contribution in [-0.2, 0) is 4.79 Å². The highest BCUT2D eigenvalue weighted by atomic mass is 16.5. The summed E-state index contributed by atoms with van der Waals surface area (Å²) in [5, 5.41) is 14.2. The van der Waals surface area contributed by atoms with Gasteiger partial charge in [-0.25, -0.2) is 4.79 Å². The number of hydrogen-bond acceptors (Lipinski definition) is 3. The molecule has 0 aliphatic heterocycles. The molecule has 1 aromatic carbocycles. The van der Waals surface area contributed by atoms with Gasteiger partial charge in [-0.2, -0.15) is 0 Å². The Morgan fingerprint density at radius 1 is 1.19 bits per heavy atom. The van der Waals surface area contributed by atoms with Gasteiger partial charge in [-0.3, -0.25) is 4.79 Å². The Morgan fingerprint density at radius 2 is 1.86 bits per heavy atom. The molecule has 1 aromatic rings. The largest absolute Gasteiger partial charge is 0.492 e. The minimum absolute atomic E-state index is 0.0378. The maximum atomic E-state index is 11.5. The maximum Gasteiger partial charge on any atom is 0.314 e. The number of hydrogen-bond donors (Lipinski definition) is 3. The molecule has 0 saturated heterocycles. The fourth-order valence-electron chi connectivity index (χ4n) is 1.72. The number of para-hydroxylation sites is 1. The van der Waals surface area contributed by atoms with Crippen LogP contribution in [0.25, 0.3) is 0 Å². The Balaban J connectivity index is 2.18. The van der Waals surface area contributed by atoms with E-state index in [2.05, 4.69) is 10.6 Å². The summed E-state index contributed by atoms with van der Waals surface area (Å²) in [5.41, 5.74) is 0. The average Bonchev–Trinajstić information content (AvgIpc) is 2.44. The Labute approximate surface area is 124 Å². The summed E-state index contributed by atoms with van der Waals surface area (Å²) in [6, 6.07) is 8.91. The van der Waals surface area contributed by atoms with E-state index in [0.717, 1.165) is 5.75 Å². The smallest absolute Gasteiger partial charge is 0.314 e. The van der Waals surface area contributed by atoms with Crippen molar-refractivity contribution in [3.63, 3.8) is 0 Å². The molecule has 3 N–H and O–H groups in total. The molecular weight excluding hydrogens is 272 g/mol. The predicted molar refractivity (Wildman–Crippen MR) is 79.3 cm³/mol. The zero-order valence-corrected chi connectivity index (χ0v) is 12.3. The van der Waals surface area contributed by atoms with E-state index < -0.39 is 17.9 Å². The molecule has 0 spiro atoms. The van der Waals surface area contributed by atoms with Gasteiger partial charge in [0.2, 0.25) is 0 Å². The first-order chi connectivity index (χ1) is 10.0. The van der Waals surface area contributed by atoms with Crippen molar-refractivity contribution in [2.75, 3.05) is 19.7 Å². The molecule has 116 valence electrons. The predicted octanol–water partition coefficient (Wildman–Crippen LogP) is 1.72. The van der Waals surface area contributed by atoms with Gasteiger partial charge in [-0.1, -0.05) is 32.0 Å². The second kappa shape index (κ2) is 8.84. The number of carboxylic acid groups (broad SMARTS) is 1. The molecule has 0 heterocycles. The van der Waals surface area contributed by atoms with Crippen LogP contribution in [0.2, 0.25) is 0 Å². The average molecular weight is 294 g/mol. The van der Waals surface area contributed by atoms with Crippen LogP contribution in [-0.4, -0.2) is 36.8 Å². The highest BCUT2D eigenvalue weighted by molar-refractivity contribution is 5.75. The summed E-state index contributed by atoms with van der Waals surface area (Å²) >= 11 is 0. The van der Waals surface area contributed by atoms with Gasteiger partial charge in [0, 0.05) is 6.54 Å². The number of carbonyl (C=O) groups excluding carboxylic acids is 1. The van der Waals surface area contributed by atoms with Crippen molar-refractivity contribution in [3.8, 4) is 5.75 Å². The number of rotatable bonds is 8. The van der Waals surface area contributed by atoms with Gasteiger partial charge in [0.15, 0.2) is 0 Å². The Kier molecular flexibility index (Phi) is 7.08. The molecule has 1 rings (SSSR count). The summed E-state index contributed by atoms with van der Waals surface area (Å²) in [6.07, 6.45) is 0. The van der Waals surface area contributed by atoms with Gasteiger partial charge in [0.05, 0.1) is 12.5 Å². The second-order valence-electron chi connectivity index (χ2n) is 4.99. The topological polar surface area (TPSA) is 87.7 Å². The number of carbonyl (C=O) groups is 2. The van der Waals surface area contributed by atoms with Crippen LogP contribution in [0.3, 0.4) is 0 Å². The standard InChI is InChI=1S/C15H22N2O4/c1-11(2)13(14(18)19)10-17-15(20)16-8-9-21-12-6-4-3-5-7-12/h3-7,11,13H,8-10H2,1-2H3,(H,18,19)(H2,16,17,20). The number of benzene rings is 1. The Morgan fingerprint density at radius 3 is 2.43 bits per heavy atom. The van der Waals surface area contributed by atoms with Crippen molar-refractivity contribution in [1.82, 2.24) is 10.6 Å². The summed E-state index contributed by atoms with van der Waals surface area (Å²) in [7, 11) is 0. The molecule has 2 amide bonds. The molecule has 0 bridgehead atoms. The highest BCUT2D eigenvalue weighted by Crippen LogP contribution is 2.09. The van der Waals surface area contributed by atoms with Crippen LogP contribution < -0.4 is 15.4 Å². The van der Waals surface area contributed by atoms with Gasteiger partial charge < -0.3 is 20.5 Å². The molecule has 0 aliphatic rings. The monoisotopic (exact) mass is 294 g/mol. The molecule has 0 saturated carbocycles. The van der Waals surface area contributed by atoms with E-state index >= 15 is 0 Å². The van der Waals surface area contributed by atoms with Gasteiger partial charge in [-0.15, -0.1) is 0 Å². The van der Waals surface area contributed by atoms with Crippen LogP contribution >= 0.6 is 0 Å². The molecule has 0 aromatic heterocycles. The first kappa shape index (κ1) is 16.8. The second-order valence-corrected chi connectivity index (χ2v) is 4.99. The lowest BCUT2D eigenvalue weighted by atomic mass is 9.96. The van der Waals surface area contributed by atoms with Crippen molar-refractivity contribution in [2.24, 2.45) is 11.8 Å². The van der Waals surface area contributed by atoms with Crippen molar-refractivity contribution in [3.05, 3.63) is 30.3 Å². The lowest BCUT2D eigenvalue weighted by Crippen LogP contribution is -2.42. The minimum Gasteiger partial charge on any atom is -0.492 e. The normalized spacial score (nSPS) is 11.8. The first-order valence-corrected chi connectivity index (χ1v) is 6.93. The zero-order valence-electron chi connectivity index (χ0n) is 12.3. The summed E-state index contributed by atoms with van der Waals surface area (Å²) in [6.45, 7) is 4.43. The molecule has 0 fully saturated rings. The minimum atomic E-state index is -0.905. The molecular formula is C15H22N2O4. The molecule has 0 aliphatic carbocycles. The fourth-order valence-corrected chi connectivity index (χ4v) is 1.72. The molecule has 6 nitrogen and oxygen atoms in total. The fraction of sp³-hybridized carbons (Fsp3) is 0.467. The van der Waals surface area contributed by atoms with Crippen LogP contribution in [0.4, 0.5) is 4.79 Å². The molecule has 6 heteroatoms. The highest BCUT2D eigenvalue weighted by Gasteiger charge is 2.21. The van der Waals surface area contributed by atoms with Crippen molar-refractivity contribution in [2.45, 2.75) is 13.8 Å². The van der Waals surface area contributed by atoms with E-state index in [1.54, 1.807) is 0 Å². The molecule has 1 unspecified atom stereocenters. The third-order valence-corrected chi connectivity index (χ3v) is 3.00. The number of aliphatic carboxylic acids is 1. The number of amides is 2. The summed E-state index contributed by atoms with van der Waals surface area (Å²) in [4.78, 5) is 22.5. The van der Waals surface area contributed by atoms with Gasteiger partial charge >= 0.3 is 12.0 Å². The number of urea groups is 1. The quantitative estimate of drug-likeness (QED) is 0.637. The van der Waals surface area contributed by atoms with Gasteiger partial charge in [-0.05, 0) is 18.1 Å². The zero-order chi connectivity index (χ0) is 15.7. The first-order valence-electron chi connectivity index (χ1n) is 6.93. The van der Waals surface area contributed by atoms with E-state index in [9.17, 15) is 9.59 Å². The van der Waals surface area contributed by atoms with Gasteiger partial charge in [0.1, 0.15) is 12.4 Å². The van der Waals surface area contributed by atoms with Crippen LogP contribution in [0, 0.1) is 11.8 Å². The van der Waals surface area contributed by atoms with Crippen LogP contribution in [0.5, 0.6) is 5.75 Å². The summed E-state index contributed by atoms with van der Waals surface area (Å²) < 4.78 is 5.42. The van der Waals surface area contributed by atoms with Gasteiger partial charge in [0.25, 0.3) is 0 Å². The molecule has 0 radical (unpaired) electrons.